The Morgan fingerprint density at radius 2 is 1.86 bits per heavy atom. The SMILES string of the molecule is Cc1ccc(O)c(Cn2c(NC3CCN(Cc4ccccc4)CC3)nc3ccc(C=CC#N)cc32)n1. The van der Waals surface area contributed by atoms with Gasteiger partial charge in [-0.15, -0.1) is 0 Å². The van der Waals surface area contributed by atoms with Crippen LogP contribution in [0.3, 0.4) is 0 Å². The molecule has 182 valence electrons. The molecule has 1 saturated heterocycles. The molecule has 2 aromatic heterocycles. The molecule has 0 spiro atoms. The summed E-state index contributed by atoms with van der Waals surface area (Å²) in [5, 5.41) is 23.1. The molecule has 1 aliphatic heterocycles. The van der Waals surface area contributed by atoms with Crippen LogP contribution in [0.2, 0.25) is 0 Å². The van der Waals surface area contributed by atoms with Crippen molar-refractivity contribution < 1.29 is 5.11 Å². The highest BCUT2D eigenvalue weighted by molar-refractivity contribution is 5.81. The Hall–Kier alpha value is -4.15. The lowest BCUT2D eigenvalue weighted by Gasteiger charge is -2.32. The van der Waals surface area contributed by atoms with Crippen molar-refractivity contribution in [2.75, 3.05) is 18.4 Å². The summed E-state index contributed by atoms with van der Waals surface area (Å²) in [7, 11) is 0. The number of hydrogen-bond donors (Lipinski definition) is 2. The van der Waals surface area contributed by atoms with Gasteiger partial charge in [0.1, 0.15) is 11.4 Å². The topological polar surface area (TPSA) is 90.0 Å². The van der Waals surface area contributed by atoms with Crippen LogP contribution in [0.1, 0.15) is 35.4 Å². The average Bonchev–Trinajstić information content (AvgIpc) is 3.22. The monoisotopic (exact) mass is 478 g/mol. The van der Waals surface area contributed by atoms with E-state index in [2.05, 4.69) is 50.1 Å². The van der Waals surface area contributed by atoms with E-state index in [1.807, 2.05) is 31.2 Å². The first-order valence-corrected chi connectivity index (χ1v) is 12.3. The van der Waals surface area contributed by atoms with Crippen LogP contribution in [0.15, 0.2) is 66.7 Å². The molecule has 2 aromatic carbocycles. The van der Waals surface area contributed by atoms with Crippen LogP contribution >= 0.6 is 0 Å². The molecule has 36 heavy (non-hydrogen) atoms. The fourth-order valence-electron chi connectivity index (χ4n) is 4.78. The van der Waals surface area contributed by atoms with E-state index in [9.17, 15) is 5.11 Å². The van der Waals surface area contributed by atoms with Crippen LogP contribution in [0, 0.1) is 18.3 Å². The van der Waals surface area contributed by atoms with Crippen molar-refractivity contribution in [1.29, 1.82) is 5.26 Å². The fraction of sp³-hybridized carbons (Fsp3) is 0.276. The highest BCUT2D eigenvalue weighted by Crippen LogP contribution is 2.27. The molecule has 3 heterocycles. The second-order valence-corrected chi connectivity index (χ2v) is 9.33. The molecular weight excluding hydrogens is 448 g/mol. The highest BCUT2D eigenvalue weighted by Gasteiger charge is 2.22. The molecule has 1 aliphatic rings. The molecule has 0 unspecified atom stereocenters. The van der Waals surface area contributed by atoms with Crippen molar-refractivity contribution in [3.8, 4) is 11.8 Å². The zero-order chi connectivity index (χ0) is 24.9. The molecule has 4 aromatic rings. The van der Waals surface area contributed by atoms with E-state index in [4.69, 9.17) is 10.2 Å². The summed E-state index contributed by atoms with van der Waals surface area (Å²) in [6.45, 7) is 5.34. The third-order valence-corrected chi connectivity index (χ3v) is 6.69. The number of aryl methyl sites for hydroxylation is 1. The lowest BCUT2D eigenvalue weighted by atomic mass is 10.0. The van der Waals surface area contributed by atoms with Gasteiger partial charge in [0.05, 0.1) is 23.6 Å². The predicted molar refractivity (Wildman–Crippen MR) is 142 cm³/mol. The van der Waals surface area contributed by atoms with E-state index >= 15 is 0 Å². The molecule has 2 N–H and O–H groups in total. The maximum Gasteiger partial charge on any atom is 0.204 e. The van der Waals surface area contributed by atoms with Gasteiger partial charge in [-0.05, 0) is 61.2 Å². The fourth-order valence-corrected chi connectivity index (χ4v) is 4.78. The van der Waals surface area contributed by atoms with Crippen molar-refractivity contribution in [2.24, 2.45) is 0 Å². The number of allylic oxidation sites excluding steroid dienone is 1. The number of anilines is 1. The van der Waals surface area contributed by atoms with Gasteiger partial charge in [-0.3, -0.25) is 9.88 Å². The average molecular weight is 479 g/mol. The van der Waals surface area contributed by atoms with Gasteiger partial charge in [0.15, 0.2) is 0 Å². The molecule has 7 heteroatoms. The molecule has 0 radical (unpaired) electrons. The maximum absolute atomic E-state index is 10.5. The molecule has 0 saturated carbocycles. The van der Waals surface area contributed by atoms with Crippen LogP contribution in [-0.2, 0) is 13.1 Å². The predicted octanol–water partition coefficient (Wildman–Crippen LogP) is 5.11. The van der Waals surface area contributed by atoms with Crippen LogP contribution < -0.4 is 5.32 Å². The number of piperidine rings is 1. The molecule has 0 bridgehead atoms. The minimum absolute atomic E-state index is 0.170. The number of aromatic hydroxyl groups is 1. The van der Waals surface area contributed by atoms with Crippen molar-refractivity contribution in [3.63, 3.8) is 0 Å². The lowest BCUT2D eigenvalue weighted by Crippen LogP contribution is -2.39. The summed E-state index contributed by atoms with van der Waals surface area (Å²) in [5.41, 5.74) is 5.52. The maximum atomic E-state index is 10.5. The third-order valence-electron chi connectivity index (χ3n) is 6.69. The molecule has 7 nitrogen and oxygen atoms in total. The number of fused-ring (bicyclic) bond motifs is 1. The first-order chi connectivity index (χ1) is 17.6. The van der Waals surface area contributed by atoms with Crippen molar-refractivity contribution >= 4 is 23.1 Å². The number of aromatic nitrogens is 3. The Balaban J connectivity index is 1.39. The van der Waals surface area contributed by atoms with Crippen LogP contribution in [0.5, 0.6) is 5.75 Å². The molecule has 5 rings (SSSR count). The molecule has 0 atom stereocenters. The van der Waals surface area contributed by atoms with Crippen molar-refractivity contribution in [2.45, 2.75) is 38.9 Å². The van der Waals surface area contributed by atoms with Crippen molar-refractivity contribution in [3.05, 3.63) is 89.3 Å². The summed E-state index contributed by atoms with van der Waals surface area (Å²) >= 11 is 0. The second kappa shape index (κ2) is 10.6. The first-order valence-electron chi connectivity index (χ1n) is 12.3. The largest absolute Gasteiger partial charge is 0.506 e. The van der Waals surface area contributed by atoms with E-state index in [-0.39, 0.29) is 5.75 Å². The Kier molecular flexibility index (Phi) is 6.96. The molecular formula is C29H30N6O. The molecule has 1 fully saturated rings. The minimum atomic E-state index is 0.170. The molecule has 0 aliphatic carbocycles. The van der Waals surface area contributed by atoms with Gasteiger partial charge in [-0.2, -0.15) is 5.26 Å². The van der Waals surface area contributed by atoms with Gasteiger partial charge in [-0.1, -0.05) is 36.4 Å². The van der Waals surface area contributed by atoms with Gasteiger partial charge in [-0.25, -0.2) is 4.98 Å². The number of hydrogen-bond acceptors (Lipinski definition) is 6. The number of benzene rings is 2. The summed E-state index contributed by atoms with van der Waals surface area (Å²) < 4.78 is 2.08. The quantitative estimate of drug-likeness (QED) is 0.359. The Morgan fingerprint density at radius 1 is 1.06 bits per heavy atom. The highest BCUT2D eigenvalue weighted by atomic mass is 16.3. The van der Waals surface area contributed by atoms with Crippen LogP contribution in [0.25, 0.3) is 17.1 Å². The second-order valence-electron chi connectivity index (χ2n) is 9.33. The number of likely N-dealkylation sites (tertiary alicyclic amines) is 1. The van der Waals surface area contributed by atoms with E-state index in [0.717, 1.165) is 60.7 Å². The van der Waals surface area contributed by atoms with Gasteiger partial charge >= 0.3 is 0 Å². The number of imidazole rings is 1. The smallest absolute Gasteiger partial charge is 0.204 e. The summed E-state index contributed by atoms with van der Waals surface area (Å²) in [6.07, 6.45) is 5.31. The number of nitrogens with one attached hydrogen (secondary N) is 1. The number of pyridine rings is 1. The zero-order valence-corrected chi connectivity index (χ0v) is 20.4. The van der Waals surface area contributed by atoms with Crippen LogP contribution in [-0.4, -0.2) is 43.7 Å². The standard InChI is InChI=1S/C29H30N6O/c1-21-9-12-28(36)26(31-21)20-35-27-18-22(8-5-15-30)10-11-25(27)33-29(35)32-24-13-16-34(17-14-24)19-23-6-3-2-4-7-23/h2-12,18,24,36H,13-14,16-17,19-20H2,1H3,(H,32,33). The number of rotatable bonds is 7. The summed E-state index contributed by atoms with van der Waals surface area (Å²) in [4.78, 5) is 12.0. The third kappa shape index (κ3) is 5.40. The number of nitrogens with zero attached hydrogens (tertiary/aromatic N) is 5. The van der Waals surface area contributed by atoms with E-state index in [1.165, 1.54) is 11.6 Å². The van der Waals surface area contributed by atoms with Crippen LogP contribution in [0.4, 0.5) is 5.95 Å². The van der Waals surface area contributed by atoms with Gasteiger partial charge in [0.2, 0.25) is 5.95 Å². The van der Waals surface area contributed by atoms with E-state index < -0.39 is 0 Å². The Bertz CT molecular complexity index is 1410. The van der Waals surface area contributed by atoms with E-state index in [0.29, 0.717) is 18.3 Å². The first kappa shape index (κ1) is 23.6. The molecule has 0 amide bonds. The normalized spacial score (nSPS) is 14.9. The Labute approximate surface area is 211 Å². The van der Waals surface area contributed by atoms with E-state index in [1.54, 1.807) is 18.2 Å². The summed E-state index contributed by atoms with van der Waals surface area (Å²) in [6, 6.07) is 22.4. The lowest BCUT2D eigenvalue weighted by molar-refractivity contribution is 0.211. The summed E-state index contributed by atoms with van der Waals surface area (Å²) in [5.74, 6) is 0.943. The number of nitriles is 1. The van der Waals surface area contributed by atoms with Gasteiger partial charge < -0.3 is 15.0 Å². The van der Waals surface area contributed by atoms with Gasteiger partial charge in [0, 0.05) is 37.4 Å². The Morgan fingerprint density at radius 3 is 2.64 bits per heavy atom. The van der Waals surface area contributed by atoms with Crippen molar-refractivity contribution in [1.82, 2.24) is 19.4 Å². The zero-order valence-electron chi connectivity index (χ0n) is 20.4. The minimum Gasteiger partial charge on any atom is -0.506 e. The van der Waals surface area contributed by atoms with Gasteiger partial charge in [0.25, 0.3) is 0 Å².